The molecule has 0 aromatic rings. The van der Waals surface area contributed by atoms with Gasteiger partial charge in [-0.25, -0.2) is 0 Å². The van der Waals surface area contributed by atoms with Crippen LogP contribution in [0.5, 0.6) is 0 Å². The van der Waals surface area contributed by atoms with Gasteiger partial charge in [-0.2, -0.15) is 0 Å². The van der Waals surface area contributed by atoms with Crippen LogP contribution in [-0.4, -0.2) is 23.7 Å². The second kappa shape index (κ2) is 34.0. The van der Waals surface area contributed by atoms with Crippen molar-refractivity contribution >= 4 is 11.9 Å². The molecule has 0 aliphatic carbocycles. The largest absolute Gasteiger partial charge is 0.481 e. The van der Waals surface area contributed by atoms with E-state index in [4.69, 9.17) is 9.84 Å². The molecule has 0 aliphatic heterocycles. The molecule has 0 fully saturated rings. The zero-order valence-electron chi connectivity index (χ0n) is 26.3. The van der Waals surface area contributed by atoms with Gasteiger partial charge in [0.05, 0.1) is 12.5 Å². The van der Waals surface area contributed by atoms with Crippen molar-refractivity contribution in [3.8, 4) is 0 Å². The van der Waals surface area contributed by atoms with Crippen LogP contribution in [0, 0.1) is 5.92 Å². The quantitative estimate of drug-likeness (QED) is 0.0791. The van der Waals surface area contributed by atoms with Gasteiger partial charge in [0, 0.05) is 6.42 Å². The molecule has 0 amide bonds. The summed E-state index contributed by atoms with van der Waals surface area (Å²) in [5, 5.41) is 8.76. The van der Waals surface area contributed by atoms with Gasteiger partial charge >= 0.3 is 11.9 Å². The molecule has 228 valence electrons. The van der Waals surface area contributed by atoms with Crippen LogP contribution in [0.25, 0.3) is 0 Å². The van der Waals surface area contributed by atoms with Gasteiger partial charge in [0.1, 0.15) is 0 Å². The van der Waals surface area contributed by atoms with E-state index in [1.54, 1.807) is 6.92 Å². The average Bonchev–Trinajstić information content (AvgIpc) is 2.91. The molecule has 0 saturated carbocycles. The van der Waals surface area contributed by atoms with E-state index >= 15 is 0 Å². The number of ether oxygens (including phenoxy) is 1. The number of carboxylic acid groups (broad SMARTS) is 1. The Kier molecular flexibility index (Phi) is 34.9. The van der Waals surface area contributed by atoms with Crippen molar-refractivity contribution in [2.24, 2.45) is 5.92 Å². The summed E-state index contributed by atoms with van der Waals surface area (Å²) in [6, 6.07) is 0. The number of hydrogen-bond acceptors (Lipinski definition) is 3. The summed E-state index contributed by atoms with van der Waals surface area (Å²) in [7, 11) is 0. The van der Waals surface area contributed by atoms with Crippen molar-refractivity contribution < 1.29 is 19.4 Å². The van der Waals surface area contributed by atoms with Crippen molar-refractivity contribution in [2.75, 3.05) is 6.61 Å². The number of esters is 1. The predicted octanol–water partition coefficient (Wildman–Crippen LogP) is 11.4. The number of carbonyl (C=O) groups excluding carboxylic acids is 1. The molecule has 0 aliphatic rings. The lowest BCUT2D eigenvalue weighted by Gasteiger charge is -2.05. The first-order valence-electron chi connectivity index (χ1n) is 16.9. The highest BCUT2D eigenvalue weighted by atomic mass is 16.5. The van der Waals surface area contributed by atoms with Crippen molar-refractivity contribution in [3.63, 3.8) is 0 Å². The number of unbranched alkanes of at least 4 members (excludes halogenated alkanes) is 22. The minimum atomic E-state index is -0.650. The van der Waals surface area contributed by atoms with Gasteiger partial charge in [-0.15, -0.1) is 0 Å². The topological polar surface area (TPSA) is 63.6 Å². The van der Waals surface area contributed by atoms with Gasteiger partial charge in [-0.3, -0.25) is 9.59 Å². The Balaban J connectivity index is 0. The van der Waals surface area contributed by atoms with Crippen LogP contribution in [0.15, 0.2) is 0 Å². The van der Waals surface area contributed by atoms with E-state index in [1.165, 1.54) is 141 Å². The molecule has 38 heavy (non-hydrogen) atoms. The minimum Gasteiger partial charge on any atom is -0.481 e. The van der Waals surface area contributed by atoms with Crippen molar-refractivity contribution in [1.29, 1.82) is 0 Å². The van der Waals surface area contributed by atoms with E-state index in [-0.39, 0.29) is 11.9 Å². The maximum absolute atomic E-state index is 10.9. The van der Waals surface area contributed by atoms with Crippen LogP contribution in [0.3, 0.4) is 0 Å². The fourth-order valence-corrected chi connectivity index (χ4v) is 4.65. The van der Waals surface area contributed by atoms with Gasteiger partial charge < -0.3 is 9.84 Å². The summed E-state index contributed by atoms with van der Waals surface area (Å²) < 4.78 is 5.04. The van der Waals surface area contributed by atoms with E-state index in [1.807, 2.05) is 6.92 Å². The fourth-order valence-electron chi connectivity index (χ4n) is 4.65. The van der Waals surface area contributed by atoms with E-state index < -0.39 is 5.97 Å². The highest BCUT2D eigenvalue weighted by molar-refractivity contribution is 5.69. The van der Waals surface area contributed by atoms with E-state index in [9.17, 15) is 9.59 Å². The van der Waals surface area contributed by atoms with Crippen LogP contribution in [0.4, 0.5) is 0 Å². The number of aliphatic carboxylic acids is 1. The molecule has 1 atom stereocenters. The maximum Gasteiger partial charge on any atom is 0.306 e. The van der Waals surface area contributed by atoms with Gasteiger partial charge in [0.2, 0.25) is 0 Å². The predicted molar refractivity (Wildman–Crippen MR) is 165 cm³/mol. The lowest BCUT2D eigenvalue weighted by atomic mass is 10.0. The maximum atomic E-state index is 10.9. The lowest BCUT2D eigenvalue weighted by molar-refractivity contribution is -0.143. The first kappa shape index (κ1) is 39.1. The molecule has 1 unspecified atom stereocenters. The third-order valence-corrected chi connectivity index (χ3v) is 7.46. The Labute approximate surface area is 238 Å². The highest BCUT2D eigenvalue weighted by Crippen LogP contribution is 2.15. The average molecular weight is 541 g/mol. The molecule has 0 heterocycles. The summed E-state index contributed by atoms with van der Waals surface area (Å²) in [6.07, 6.45) is 33.4. The van der Waals surface area contributed by atoms with Gasteiger partial charge in [0.25, 0.3) is 0 Å². The molecule has 0 aromatic carbocycles. The number of carboxylic acids is 1. The zero-order chi connectivity index (χ0) is 28.5. The van der Waals surface area contributed by atoms with E-state index in [0.717, 1.165) is 19.3 Å². The van der Waals surface area contributed by atoms with Crippen LogP contribution in [-0.2, 0) is 14.3 Å². The third-order valence-electron chi connectivity index (χ3n) is 7.46. The van der Waals surface area contributed by atoms with Crippen molar-refractivity contribution in [3.05, 3.63) is 0 Å². The molecular formula is C34H68O4. The van der Waals surface area contributed by atoms with Crippen molar-refractivity contribution in [1.82, 2.24) is 0 Å². The Morgan fingerprint density at radius 3 is 1.16 bits per heavy atom. The highest BCUT2D eigenvalue weighted by Gasteiger charge is 2.09. The van der Waals surface area contributed by atoms with E-state index in [2.05, 4.69) is 13.8 Å². The standard InChI is InChI=1S/2C17H34O2/c1-3-4-5-6-7-8-9-10-11-12-13-14-15-16(2)17(18)19;1-3-5-6-7-8-9-10-11-12-13-14-15-16-19-17(18)4-2/h16H,3-15H2,1-2H3,(H,18,19);3-16H2,1-2H3. The summed E-state index contributed by atoms with van der Waals surface area (Å²) in [6.45, 7) is 8.79. The SMILES string of the molecule is CCCCCCCCCCCCCCC(C)C(=O)O.CCCCCCCCCCCCCCOC(=O)CC. The van der Waals surface area contributed by atoms with Crippen LogP contribution >= 0.6 is 0 Å². The van der Waals surface area contributed by atoms with Crippen LogP contribution < -0.4 is 0 Å². The molecule has 0 rings (SSSR count). The number of carbonyl (C=O) groups is 2. The Morgan fingerprint density at radius 2 is 0.842 bits per heavy atom. The Morgan fingerprint density at radius 1 is 0.526 bits per heavy atom. The molecule has 4 nitrogen and oxygen atoms in total. The minimum absolute atomic E-state index is 0.0666. The smallest absolute Gasteiger partial charge is 0.306 e. The molecule has 1 N–H and O–H groups in total. The van der Waals surface area contributed by atoms with Gasteiger partial charge in [-0.05, 0) is 12.8 Å². The number of hydrogen-bond donors (Lipinski definition) is 1. The van der Waals surface area contributed by atoms with Gasteiger partial charge in [-0.1, -0.05) is 175 Å². The lowest BCUT2D eigenvalue weighted by Crippen LogP contribution is -2.08. The molecule has 0 bridgehead atoms. The Hall–Kier alpha value is -1.06. The molecule has 0 spiro atoms. The fraction of sp³-hybridized carbons (Fsp3) is 0.941. The van der Waals surface area contributed by atoms with E-state index in [0.29, 0.717) is 13.0 Å². The summed E-state index contributed by atoms with van der Waals surface area (Å²) in [5.41, 5.74) is 0. The van der Waals surface area contributed by atoms with Gasteiger partial charge in [0.15, 0.2) is 0 Å². The molecule has 0 aromatic heterocycles. The summed E-state index contributed by atoms with van der Waals surface area (Å²) in [4.78, 5) is 21.5. The second-order valence-corrected chi connectivity index (χ2v) is 11.4. The first-order chi connectivity index (χ1) is 18.5. The van der Waals surface area contributed by atoms with Crippen LogP contribution in [0.2, 0.25) is 0 Å². The summed E-state index contributed by atoms with van der Waals surface area (Å²) in [5.74, 6) is -0.880. The third kappa shape index (κ3) is 34.9. The normalized spacial score (nSPS) is 11.6. The molecule has 0 saturated heterocycles. The summed E-state index contributed by atoms with van der Waals surface area (Å²) >= 11 is 0. The monoisotopic (exact) mass is 541 g/mol. The van der Waals surface area contributed by atoms with Crippen molar-refractivity contribution in [2.45, 2.75) is 195 Å². The molecular weight excluding hydrogens is 472 g/mol. The zero-order valence-corrected chi connectivity index (χ0v) is 26.3. The Bertz CT molecular complexity index is 475. The second-order valence-electron chi connectivity index (χ2n) is 11.4. The molecule has 4 heteroatoms. The number of rotatable bonds is 28. The molecule has 0 radical (unpaired) electrons. The first-order valence-corrected chi connectivity index (χ1v) is 16.9. The van der Waals surface area contributed by atoms with Crippen LogP contribution in [0.1, 0.15) is 195 Å².